The van der Waals surface area contributed by atoms with Crippen molar-refractivity contribution in [1.82, 2.24) is 25.0 Å². The number of carbonyl (C=O) groups is 2. The average molecular weight is 434 g/mol. The van der Waals surface area contributed by atoms with Crippen molar-refractivity contribution in [2.75, 3.05) is 31.5 Å². The summed E-state index contributed by atoms with van der Waals surface area (Å²) >= 11 is 0. The number of nitrogens with zero attached hydrogens (tertiary/aromatic N) is 3. The second-order valence-electron chi connectivity index (χ2n) is 7.32. The van der Waals surface area contributed by atoms with E-state index in [-0.39, 0.29) is 34.6 Å². The number of para-hydroxylation sites is 1. The van der Waals surface area contributed by atoms with Crippen molar-refractivity contribution in [2.24, 2.45) is 0 Å². The van der Waals surface area contributed by atoms with Crippen LogP contribution in [0.5, 0.6) is 11.5 Å². The van der Waals surface area contributed by atoms with Crippen molar-refractivity contribution >= 4 is 23.2 Å². The number of ether oxygens (including phenoxy) is 1. The minimum atomic E-state index is -0.623. The van der Waals surface area contributed by atoms with Gasteiger partial charge < -0.3 is 19.9 Å². The van der Waals surface area contributed by atoms with Gasteiger partial charge in [0.1, 0.15) is 5.69 Å². The molecule has 5 rings (SSSR count). The summed E-state index contributed by atoms with van der Waals surface area (Å²) in [5.74, 6) is -0.498. The molecule has 3 aromatic rings. The Morgan fingerprint density at radius 2 is 1.56 bits per heavy atom. The smallest absolute Gasteiger partial charge is 0.307 e. The average Bonchev–Trinajstić information content (AvgIpc) is 2.85. The maximum Gasteiger partial charge on any atom is 0.307 e. The van der Waals surface area contributed by atoms with Crippen molar-refractivity contribution in [3.8, 4) is 11.5 Å². The van der Waals surface area contributed by atoms with Crippen LogP contribution in [0.3, 0.4) is 0 Å². The molecular formula is C21H18N6O5. The fourth-order valence-electron chi connectivity index (χ4n) is 3.75. The molecule has 0 unspecified atom stereocenters. The van der Waals surface area contributed by atoms with Crippen LogP contribution in [0.4, 0.5) is 11.4 Å². The zero-order valence-corrected chi connectivity index (χ0v) is 16.8. The third-order valence-electron chi connectivity index (χ3n) is 5.40. The van der Waals surface area contributed by atoms with Gasteiger partial charge in [0, 0.05) is 32.4 Å². The summed E-state index contributed by atoms with van der Waals surface area (Å²) in [5, 5.41) is 7.30. The molecule has 0 aliphatic carbocycles. The first-order chi connectivity index (χ1) is 15.5. The number of anilines is 2. The second-order valence-corrected chi connectivity index (χ2v) is 7.32. The van der Waals surface area contributed by atoms with Gasteiger partial charge in [-0.15, -0.1) is 0 Å². The fraction of sp³-hybridized carbons (Fsp3) is 0.190. The third kappa shape index (κ3) is 3.29. The SMILES string of the molecule is O=C(c1ccccn1)N1CCN(C(=O)c2cccc3c2Oc2c(c(=O)[nH][nH]c2=O)N3)CC1. The standard InChI is InChI=1S/C21H18N6O5/c28-18-15-17(19(29)25-24-18)32-16-12(4-3-6-13(16)23-15)20(30)26-8-10-27(11-9-26)21(31)14-5-1-2-7-22-14/h1-7,23H,8-11H2,(H,24,28)(H,25,29). The molecule has 2 amide bonds. The first-order valence-corrected chi connectivity index (χ1v) is 9.95. The number of hydrogen-bond acceptors (Lipinski definition) is 7. The minimum absolute atomic E-state index is 0.0208. The molecule has 0 atom stereocenters. The molecule has 2 aromatic heterocycles. The molecule has 1 saturated heterocycles. The maximum atomic E-state index is 13.2. The number of rotatable bonds is 2. The molecule has 2 aliphatic rings. The lowest BCUT2D eigenvalue weighted by Gasteiger charge is -2.35. The van der Waals surface area contributed by atoms with Crippen LogP contribution in [0.2, 0.25) is 0 Å². The zero-order chi connectivity index (χ0) is 22.2. The van der Waals surface area contributed by atoms with Crippen LogP contribution >= 0.6 is 0 Å². The Balaban J connectivity index is 1.35. The van der Waals surface area contributed by atoms with Crippen LogP contribution in [0.25, 0.3) is 0 Å². The number of nitrogens with one attached hydrogen (secondary N) is 3. The predicted octanol–water partition coefficient (Wildman–Crippen LogP) is 0.906. The maximum absolute atomic E-state index is 13.2. The lowest BCUT2D eigenvalue weighted by atomic mass is 10.1. The van der Waals surface area contributed by atoms with E-state index in [0.717, 1.165) is 0 Å². The molecule has 1 fully saturated rings. The van der Waals surface area contributed by atoms with Crippen LogP contribution in [0, 0.1) is 0 Å². The third-order valence-corrected chi connectivity index (χ3v) is 5.40. The number of pyridine rings is 1. The Hall–Kier alpha value is -4.41. The van der Waals surface area contributed by atoms with Crippen molar-refractivity contribution in [3.63, 3.8) is 0 Å². The molecule has 32 heavy (non-hydrogen) atoms. The Kier molecular flexibility index (Phi) is 4.70. The normalized spacial score (nSPS) is 14.6. The summed E-state index contributed by atoms with van der Waals surface area (Å²) in [4.78, 5) is 57.3. The number of H-pyrrole nitrogens is 2. The van der Waals surface area contributed by atoms with Gasteiger partial charge in [-0.05, 0) is 24.3 Å². The molecule has 11 heteroatoms. The van der Waals surface area contributed by atoms with E-state index in [0.29, 0.717) is 37.6 Å². The van der Waals surface area contributed by atoms with Crippen molar-refractivity contribution in [3.05, 3.63) is 74.6 Å². The molecule has 1 aromatic carbocycles. The monoisotopic (exact) mass is 434 g/mol. The highest BCUT2D eigenvalue weighted by molar-refractivity contribution is 6.00. The van der Waals surface area contributed by atoms with Gasteiger partial charge in [0.2, 0.25) is 5.75 Å². The number of amides is 2. The largest absolute Gasteiger partial charge is 0.446 e. The lowest BCUT2D eigenvalue weighted by Crippen LogP contribution is -2.50. The summed E-state index contributed by atoms with van der Waals surface area (Å²) in [5.41, 5.74) is -0.166. The Morgan fingerprint density at radius 1 is 0.844 bits per heavy atom. The van der Waals surface area contributed by atoms with Gasteiger partial charge in [-0.25, -0.2) is 0 Å². The molecule has 4 heterocycles. The number of fused-ring (bicyclic) bond motifs is 2. The van der Waals surface area contributed by atoms with E-state index in [2.05, 4.69) is 20.5 Å². The molecular weight excluding hydrogens is 416 g/mol. The Morgan fingerprint density at radius 3 is 2.28 bits per heavy atom. The van der Waals surface area contributed by atoms with E-state index in [4.69, 9.17) is 4.74 Å². The van der Waals surface area contributed by atoms with Gasteiger partial charge in [0.25, 0.3) is 17.4 Å². The Bertz CT molecular complexity index is 1320. The van der Waals surface area contributed by atoms with Gasteiger partial charge in [0.15, 0.2) is 11.4 Å². The summed E-state index contributed by atoms with van der Waals surface area (Å²) in [6.45, 7) is 1.41. The molecule has 3 N–H and O–H groups in total. The number of piperazine rings is 1. The predicted molar refractivity (Wildman–Crippen MR) is 114 cm³/mol. The van der Waals surface area contributed by atoms with Crippen LogP contribution in [-0.4, -0.2) is 63.0 Å². The molecule has 0 saturated carbocycles. The van der Waals surface area contributed by atoms with E-state index in [1.807, 2.05) is 0 Å². The second kappa shape index (κ2) is 7.69. The van der Waals surface area contributed by atoms with Gasteiger partial charge in [0.05, 0.1) is 11.3 Å². The van der Waals surface area contributed by atoms with E-state index < -0.39 is 11.1 Å². The molecule has 0 bridgehead atoms. The van der Waals surface area contributed by atoms with E-state index >= 15 is 0 Å². The summed E-state index contributed by atoms with van der Waals surface area (Å²) in [7, 11) is 0. The number of aromatic amines is 2. The lowest BCUT2D eigenvalue weighted by molar-refractivity contribution is 0.0531. The summed E-state index contributed by atoms with van der Waals surface area (Å²) in [6.07, 6.45) is 1.57. The summed E-state index contributed by atoms with van der Waals surface area (Å²) < 4.78 is 5.70. The number of benzene rings is 1. The van der Waals surface area contributed by atoms with Crippen molar-refractivity contribution < 1.29 is 14.3 Å². The molecule has 0 spiro atoms. The molecule has 0 radical (unpaired) electrons. The van der Waals surface area contributed by atoms with Crippen LogP contribution in [0.15, 0.2) is 52.2 Å². The zero-order valence-electron chi connectivity index (χ0n) is 16.8. The highest BCUT2D eigenvalue weighted by Crippen LogP contribution is 2.40. The van der Waals surface area contributed by atoms with Gasteiger partial charge in [-0.3, -0.25) is 34.4 Å². The topological polar surface area (TPSA) is 140 Å². The first kappa shape index (κ1) is 19.5. The summed E-state index contributed by atoms with van der Waals surface area (Å²) in [6, 6.07) is 10.1. The molecule has 11 nitrogen and oxygen atoms in total. The van der Waals surface area contributed by atoms with Crippen LogP contribution in [-0.2, 0) is 0 Å². The highest BCUT2D eigenvalue weighted by atomic mass is 16.5. The van der Waals surface area contributed by atoms with E-state index in [9.17, 15) is 19.2 Å². The van der Waals surface area contributed by atoms with Gasteiger partial charge in [-0.2, -0.15) is 0 Å². The minimum Gasteiger partial charge on any atom is -0.446 e. The number of aromatic nitrogens is 3. The fourth-order valence-corrected chi connectivity index (χ4v) is 3.75. The Labute approximate surface area is 180 Å². The number of carbonyl (C=O) groups excluding carboxylic acids is 2. The van der Waals surface area contributed by atoms with Gasteiger partial charge >= 0.3 is 5.56 Å². The van der Waals surface area contributed by atoms with Crippen LogP contribution < -0.4 is 21.2 Å². The van der Waals surface area contributed by atoms with Crippen molar-refractivity contribution in [2.45, 2.75) is 0 Å². The number of hydrogen-bond donors (Lipinski definition) is 3. The van der Waals surface area contributed by atoms with E-state index in [1.165, 1.54) is 0 Å². The van der Waals surface area contributed by atoms with Gasteiger partial charge in [-0.1, -0.05) is 12.1 Å². The first-order valence-electron chi connectivity index (χ1n) is 9.95. The highest BCUT2D eigenvalue weighted by Gasteiger charge is 2.31. The van der Waals surface area contributed by atoms with Crippen molar-refractivity contribution in [1.29, 1.82) is 0 Å². The molecule has 2 aliphatic heterocycles. The van der Waals surface area contributed by atoms with E-state index in [1.54, 1.807) is 52.4 Å². The molecule has 162 valence electrons. The van der Waals surface area contributed by atoms with Crippen LogP contribution in [0.1, 0.15) is 20.8 Å². The quantitative estimate of drug-likeness (QED) is 0.426.